The van der Waals surface area contributed by atoms with Crippen molar-refractivity contribution in [3.63, 3.8) is 0 Å². The lowest BCUT2D eigenvalue weighted by Gasteiger charge is -2.34. The molecule has 0 spiro atoms. The molecule has 1 aromatic carbocycles. The van der Waals surface area contributed by atoms with E-state index in [2.05, 4.69) is 0 Å². The molecule has 1 aromatic rings. The first-order valence-corrected chi connectivity index (χ1v) is 5.79. The number of likely N-dealkylation sites (N-methyl/N-ethyl adjacent to an activating group) is 1. The van der Waals surface area contributed by atoms with E-state index in [9.17, 15) is 13.2 Å². The van der Waals surface area contributed by atoms with Gasteiger partial charge in [0.25, 0.3) is 0 Å². The maximum Gasteiger partial charge on any atom is 0.486 e. The molecule has 0 radical (unpaired) electrons. The molecular weight excluding hydrogens is 265 g/mol. The van der Waals surface area contributed by atoms with E-state index in [0.717, 1.165) is 6.20 Å². The van der Waals surface area contributed by atoms with E-state index < -0.39 is 17.8 Å². The zero-order chi connectivity index (χ0) is 13.3. The van der Waals surface area contributed by atoms with Gasteiger partial charge in [-0.2, -0.15) is 13.2 Å². The van der Waals surface area contributed by atoms with E-state index in [1.54, 1.807) is 37.4 Å². The van der Waals surface area contributed by atoms with Crippen molar-refractivity contribution in [3.8, 4) is 0 Å². The van der Waals surface area contributed by atoms with Crippen molar-refractivity contribution in [2.45, 2.75) is 17.8 Å². The molecule has 1 aliphatic heterocycles. The molecule has 0 fully saturated rings. The molecule has 2 nitrogen and oxygen atoms in total. The highest BCUT2D eigenvalue weighted by Gasteiger charge is 2.46. The summed E-state index contributed by atoms with van der Waals surface area (Å²) in [7, 11) is 1.57. The average Bonchev–Trinajstić information content (AvgIpc) is 2.71. The third kappa shape index (κ3) is 2.41. The third-order valence-corrected chi connectivity index (χ3v) is 3.31. The van der Waals surface area contributed by atoms with Crippen molar-refractivity contribution < 1.29 is 13.2 Å². The highest BCUT2D eigenvalue weighted by atomic mass is 35.5. The summed E-state index contributed by atoms with van der Waals surface area (Å²) in [6.07, 6.45) is -3.03. The normalized spacial score (nSPS) is 21.5. The molecule has 2 rings (SSSR count). The van der Waals surface area contributed by atoms with Crippen LogP contribution in [-0.4, -0.2) is 29.3 Å². The van der Waals surface area contributed by atoms with Gasteiger partial charge in [-0.05, 0) is 5.56 Å². The standard InChI is InChI=1S/C12H12ClF3N2/c1-17-7-8-18(12(14,15)16)11(17)10(13)9-5-3-2-4-6-9/h2-8,10-11H,1H3. The summed E-state index contributed by atoms with van der Waals surface area (Å²) in [5.74, 6) is 0. The second-order valence-electron chi connectivity index (χ2n) is 4.06. The van der Waals surface area contributed by atoms with E-state index in [0.29, 0.717) is 10.5 Å². The van der Waals surface area contributed by atoms with Crippen molar-refractivity contribution in [1.82, 2.24) is 9.80 Å². The minimum atomic E-state index is -4.44. The quantitative estimate of drug-likeness (QED) is 0.602. The number of rotatable bonds is 2. The Balaban J connectivity index is 2.26. The van der Waals surface area contributed by atoms with E-state index >= 15 is 0 Å². The third-order valence-electron chi connectivity index (χ3n) is 2.84. The maximum atomic E-state index is 12.8. The Kier molecular flexibility index (Phi) is 3.43. The molecule has 1 aliphatic rings. The lowest BCUT2D eigenvalue weighted by molar-refractivity contribution is -0.245. The number of benzene rings is 1. The molecule has 6 heteroatoms. The first kappa shape index (κ1) is 13.1. The first-order chi connectivity index (χ1) is 8.41. The predicted molar refractivity (Wildman–Crippen MR) is 63.6 cm³/mol. The molecule has 0 saturated heterocycles. The van der Waals surface area contributed by atoms with Gasteiger partial charge in [0.05, 0.1) is 5.38 Å². The summed E-state index contributed by atoms with van der Waals surface area (Å²) in [4.78, 5) is 1.77. The second-order valence-corrected chi connectivity index (χ2v) is 4.53. The minimum absolute atomic E-state index is 0.317. The maximum absolute atomic E-state index is 12.8. The molecule has 98 valence electrons. The summed E-state index contributed by atoms with van der Waals surface area (Å²) >= 11 is 6.18. The van der Waals surface area contributed by atoms with Crippen LogP contribution in [-0.2, 0) is 0 Å². The van der Waals surface area contributed by atoms with Gasteiger partial charge in [0.2, 0.25) is 0 Å². The highest BCUT2D eigenvalue weighted by Crippen LogP contribution is 2.38. The van der Waals surface area contributed by atoms with E-state index in [4.69, 9.17) is 11.6 Å². The lowest BCUT2D eigenvalue weighted by Crippen LogP contribution is -2.46. The van der Waals surface area contributed by atoms with E-state index in [1.807, 2.05) is 0 Å². The second kappa shape index (κ2) is 4.72. The van der Waals surface area contributed by atoms with Crippen molar-refractivity contribution in [3.05, 3.63) is 48.3 Å². The van der Waals surface area contributed by atoms with Crippen molar-refractivity contribution in [2.75, 3.05) is 7.05 Å². The fourth-order valence-corrected chi connectivity index (χ4v) is 2.39. The number of halogens is 4. The summed E-state index contributed by atoms with van der Waals surface area (Å²) in [6.45, 7) is 0. The number of hydrogen-bond acceptors (Lipinski definition) is 2. The predicted octanol–water partition coefficient (Wildman–Crippen LogP) is 3.53. The fourth-order valence-electron chi connectivity index (χ4n) is 1.94. The monoisotopic (exact) mass is 276 g/mol. The van der Waals surface area contributed by atoms with Gasteiger partial charge in [0, 0.05) is 19.4 Å². The number of nitrogens with zero attached hydrogens (tertiary/aromatic N) is 2. The Hall–Kier alpha value is -1.36. The van der Waals surface area contributed by atoms with Crippen molar-refractivity contribution in [1.29, 1.82) is 0 Å². The first-order valence-electron chi connectivity index (χ1n) is 5.35. The van der Waals surface area contributed by atoms with Crippen molar-refractivity contribution >= 4 is 11.6 Å². The van der Waals surface area contributed by atoms with Crippen LogP contribution in [0.15, 0.2) is 42.7 Å². The van der Waals surface area contributed by atoms with Gasteiger partial charge >= 0.3 is 6.30 Å². The van der Waals surface area contributed by atoms with E-state index in [-0.39, 0.29) is 0 Å². The highest BCUT2D eigenvalue weighted by molar-refractivity contribution is 6.21. The molecule has 0 saturated carbocycles. The summed E-state index contributed by atoms with van der Waals surface area (Å²) < 4.78 is 38.5. The molecule has 0 aromatic heterocycles. The lowest BCUT2D eigenvalue weighted by atomic mass is 10.1. The molecule has 1 heterocycles. The molecule has 2 unspecified atom stereocenters. The van der Waals surface area contributed by atoms with Gasteiger partial charge in [0.1, 0.15) is 6.17 Å². The smallest absolute Gasteiger partial charge is 0.357 e. The van der Waals surface area contributed by atoms with Gasteiger partial charge < -0.3 is 4.90 Å². The molecule has 2 atom stereocenters. The van der Waals surface area contributed by atoms with E-state index in [1.165, 1.54) is 11.1 Å². The zero-order valence-electron chi connectivity index (χ0n) is 9.60. The molecule has 0 bridgehead atoms. The Morgan fingerprint density at radius 1 is 1.17 bits per heavy atom. The van der Waals surface area contributed by atoms with Gasteiger partial charge in [-0.15, -0.1) is 11.6 Å². The van der Waals surface area contributed by atoms with Crippen LogP contribution in [0.3, 0.4) is 0 Å². The average molecular weight is 277 g/mol. The van der Waals surface area contributed by atoms with Gasteiger partial charge in [-0.25, -0.2) is 0 Å². The van der Waals surface area contributed by atoms with Crippen LogP contribution >= 0.6 is 11.6 Å². The van der Waals surface area contributed by atoms with Crippen LogP contribution in [0.2, 0.25) is 0 Å². The SMILES string of the molecule is CN1C=CN(C(F)(F)F)C1C(Cl)c1ccccc1. The molecule has 0 N–H and O–H groups in total. The van der Waals surface area contributed by atoms with Crippen LogP contribution in [0.1, 0.15) is 10.9 Å². The van der Waals surface area contributed by atoms with Gasteiger partial charge in [-0.3, -0.25) is 4.90 Å². The fraction of sp³-hybridized carbons (Fsp3) is 0.333. The van der Waals surface area contributed by atoms with Crippen LogP contribution in [0, 0.1) is 0 Å². The van der Waals surface area contributed by atoms with Crippen molar-refractivity contribution in [2.24, 2.45) is 0 Å². The van der Waals surface area contributed by atoms with Gasteiger partial charge in [0.15, 0.2) is 0 Å². The summed E-state index contributed by atoms with van der Waals surface area (Å²) in [6, 6.07) is 8.75. The molecule has 18 heavy (non-hydrogen) atoms. The summed E-state index contributed by atoms with van der Waals surface area (Å²) in [5, 5.41) is -0.771. The molecule has 0 aliphatic carbocycles. The van der Waals surface area contributed by atoms with Crippen LogP contribution < -0.4 is 0 Å². The minimum Gasteiger partial charge on any atom is -0.357 e. The Bertz CT molecular complexity index is 433. The summed E-state index contributed by atoms with van der Waals surface area (Å²) in [5.41, 5.74) is 0.661. The number of hydrogen-bond donors (Lipinski definition) is 0. The zero-order valence-corrected chi connectivity index (χ0v) is 10.4. The Labute approximate surface area is 108 Å². The van der Waals surface area contributed by atoms with Crippen LogP contribution in [0.25, 0.3) is 0 Å². The number of alkyl halides is 4. The van der Waals surface area contributed by atoms with Crippen LogP contribution in [0.4, 0.5) is 13.2 Å². The Morgan fingerprint density at radius 3 is 2.33 bits per heavy atom. The van der Waals surface area contributed by atoms with Gasteiger partial charge in [-0.1, -0.05) is 30.3 Å². The Morgan fingerprint density at radius 2 is 1.78 bits per heavy atom. The van der Waals surface area contributed by atoms with Crippen LogP contribution in [0.5, 0.6) is 0 Å². The largest absolute Gasteiger partial charge is 0.486 e. The molecular formula is C12H12ClF3N2. The topological polar surface area (TPSA) is 6.48 Å². The molecule has 0 amide bonds.